The molecule has 62 heavy (non-hydrogen) atoms. The van der Waals surface area contributed by atoms with Crippen molar-refractivity contribution < 1.29 is 0 Å². The van der Waals surface area contributed by atoms with E-state index in [0.29, 0.717) is 32.5 Å². The summed E-state index contributed by atoms with van der Waals surface area (Å²) in [5.41, 5.74) is 4.52. The first-order chi connectivity index (χ1) is 27.9. The summed E-state index contributed by atoms with van der Waals surface area (Å²) in [5.74, 6) is 0. The molecular weight excluding hydrogens is 815 g/mol. The van der Waals surface area contributed by atoms with E-state index in [-0.39, 0.29) is 5.56 Å². The second kappa shape index (κ2) is 41.9. The van der Waals surface area contributed by atoms with Crippen molar-refractivity contribution in [2.24, 2.45) is 32.5 Å². The molecule has 0 spiro atoms. The second-order valence-corrected chi connectivity index (χ2v) is 23.8. The van der Waals surface area contributed by atoms with Crippen LogP contribution >= 0.6 is 23.1 Å². The van der Waals surface area contributed by atoms with Crippen molar-refractivity contribution in [3.8, 4) is 0 Å². The number of tetrazole rings is 1. The van der Waals surface area contributed by atoms with Crippen molar-refractivity contribution in [1.82, 2.24) is 64.9 Å². The van der Waals surface area contributed by atoms with E-state index in [2.05, 4.69) is 231 Å². The fourth-order valence-corrected chi connectivity index (χ4v) is 1.75. The molecule has 0 atom stereocenters. The van der Waals surface area contributed by atoms with E-state index >= 15 is 0 Å². The molecule has 358 valence electrons. The van der Waals surface area contributed by atoms with Crippen LogP contribution < -0.4 is 5.56 Å². The molecule has 0 amide bonds. The first-order valence-electron chi connectivity index (χ1n) is 20.5. The van der Waals surface area contributed by atoms with Crippen LogP contribution in [0.15, 0.2) is 95.9 Å². The molecule has 0 saturated heterocycles. The summed E-state index contributed by atoms with van der Waals surface area (Å²) in [6.45, 7) is 52.5. The lowest BCUT2D eigenvalue weighted by atomic mass is 10.0. The molecule has 6 rings (SSSR count). The van der Waals surface area contributed by atoms with Crippen LogP contribution in [0.2, 0.25) is 0 Å². The fraction of sp³-hybridized carbons (Fsp3) is 0.652. The molecular formula is C46H91N13OS2. The Kier molecular flexibility index (Phi) is 46.8. The monoisotopic (exact) mass is 906 g/mol. The smallest absolute Gasteiger partial charge is 0.264 e. The molecule has 0 aliphatic heterocycles. The zero-order valence-corrected chi connectivity index (χ0v) is 45.0. The minimum Gasteiger partial charge on any atom is -0.368 e. The predicted molar refractivity (Wildman–Crippen MR) is 269 cm³/mol. The standard InChI is InChI=1S/6C5H12.C4H4N2O.C4H5N.C3H4N2.2C2H2N2S.CH2N4/c6*1-5(2,3)4;7-4-2-1-3-5-6-4;2*1-2-4-5-3-1;1-3-2-5-4-1;1-2-5-4-3-1;1-2-4-5-3-1/h6*1-4H3;1-3H,(H,6,7);1-5H;1-3H,(H,4,5);2*1-2H;1H,(H,2,3,4,5). The van der Waals surface area contributed by atoms with E-state index in [1.807, 2.05) is 36.0 Å². The Morgan fingerprint density at radius 3 is 1.05 bits per heavy atom. The Labute approximate surface area is 386 Å². The maximum Gasteiger partial charge on any atom is 0.264 e. The number of hydrogen-bond acceptors (Lipinski definition) is 12. The molecule has 4 N–H and O–H groups in total. The van der Waals surface area contributed by atoms with Crippen molar-refractivity contribution in [1.29, 1.82) is 0 Å². The molecule has 0 unspecified atom stereocenters. The van der Waals surface area contributed by atoms with Gasteiger partial charge < -0.3 is 4.98 Å². The van der Waals surface area contributed by atoms with Crippen molar-refractivity contribution in [2.75, 3.05) is 0 Å². The van der Waals surface area contributed by atoms with E-state index in [0.717, 1.165) is 0 Å². The van der Waals surface area contributed by atoms with E-state index in [9.17, 15) is 4.79 Å². The Hall–Kier alpha value is -4.44. The maximum atomic E-state index is 10.2. The van der Waals surface area contributed by atoms with E-state index in [1.54, 1.807) is 30.2 Å². The molecule has 0 aliphatic carbocycles. The number of rotatable bonds is 0. The molecule has 14 nitrogen and oxygen atoms in total. The molecule has 0 aliphatic rings. The normalized spacial score (nSPS) is 10.0. The average molecular weight is 906 g/mol. The first-order valence-corrected chi connectivity index (χ1v) is 22.1. The molecule has 0 radical (unpaired) electrons. The zero-order valence-electron chi connectivity index (χ0n) is 43.4. The van der Waals surface area contributed by atoms with Gasteiger partial charge in [0.25, 0.3) is 5.56 Å². The van der Waals surface area contributed by atoms with Crippen molar-refractivity contribution in [3.63, 3.8) is 0 Å². The summed E-state index contributed by atoms with van der Waals surface area (Å²) in [7, 11) is 0. The highest BCUT2D eigenvalue weighted by molar-refractivity contribution is 7.03. The summed E-state index contributed by atoms with van der Waals surface area (Å²) in [4.78, 5) is 16.6. The van der Waals surface area contributed by atoms with Crippen LogP contribution in [0.5, 0.6) is 0 Å². The Bertz CT molecular complexity index is 1210. The van der Waals surface area contributed by atoms with Gasteiger partial charge in [0.2, 0.25) is 0 Å². The summed E-state index contributed by atoms with van der Waals surface area (Å²) in [6, 6.07) is 8.71. The largest absolute Gasteiger partial charge is 0.368 e. The third-order valence-electron chi connectivity index (χ3n) is 2.32. The van der Waals surface area contributed by atoms with Crippen LogP contribution in [0, 0.1) is 32.5 Å². The minimum atomic E-state index is -0.164. The number of aromatic amines is 4. The van der Waals surface area contributed by atoms with Gasteiger partial charge in [-0.1, -0.05) is 176 Å². The van der Waals surface area contributed by atoms with Crippen LogP contribution in [0.25, 0.3) is 0 Å². The maximum absolute atomic E-state index is 10.2. The number of nitrogens with one attached hydrogen (secondary N) is 4. The van der Waals surface area contributed by atoms with E-state index < -0.39 is 0 Å². The van der Waals surface area contributed by atoms with Crippen LogP contribution in [-0.2, 0) is 0 Å². The molecule has 6 heterocycles. The molecule has 0 fully saturated rings. The zero-order chi connectivity index (χ0) is 49.8. The number of H-pyrrole nitrogens is 4. The Morgan fingerprint density at radius 2 is 0.935 bits per heavy atom. The highest BCUT2D eigenvalue weighted by Gasteiger charge is 1.98. The van der Waals surface area contributed by atoms with Crippen molar-refractivity contribution in [2.45, 2.75) is 166 Å². The highest BCUT2D eigenvalue weighted by atomic mass is 32.1. The minimum absolute atomic E-state index is 0.164. The van der Waals surface area contributed by atoms with E-state index in [1.165, 1.54) is 48.0 Å². The fourth-order valence-electron chi connectivity index (χ4n) is 1.21. The predicted octanol–water partition coefficient (Wildman–Crippen LogP) is 13.8. The molecule has 6 aromatic heterocycles. The van der Waals surface area contributed by atoms with Gasteiger partial charge in [-0.2, -0.15) is 19.8 Å². The molecule has 6 aromatic rings. The summed E-state index contributed by atoms with van der Waals surface area (Å²) >= 11 is 2.70. The number of aromatic nitrogens is 13. The summed E-state index contributed by atoms with van der Waals surface area (Å²) < 4.78 is 7.17. The van der Waals surface area contributed by atoms with Crippen LogP contribution in [-0.4, -0.2) is 64.9 Å². The van der Waals surface area contributed by atoms with Crippen LogP contribution in [0.4, 0.5) is 0 Å². The number of hydrogen-bond donors (Lipinski definition) is 4. The van der Waals surface area contributed by atoms with Gasteiger partial charge in [-0.05, 0) is 79.8 Å². The van der Waals surface area contributed by atoms with Crippen LogP contribution in [0.1, 0.15) is 166 Å². The van der Waals surface area contributed by atoms with Crippen molar-refractivity contribution in [3.05, 3.63) is 101 Å². The Balaban J connectivity index is -0.000000138. The van der Waals surface area contributed by atoms with Gasteiger partial charge in [0.15, 0.2) is 6.33 Å². The lowest BCUT2D eigenvalue weighted by Crippen LogP contribution is -2.02. The molecule has 0 bridgehead atoms. The van der Waals surface area contributed by atoms with Gasteiger partial charge in [0.05, 0.1) is 6.20 Å². The van der Waals surface area contributed by atoms with Gasteiger partial charge >= 0.3 is 0 Å². The lowest BCUT2D eigenvalue weighted by Gasteiger charge is -2.05. The summed E-state index contributed by atoms with van der Waals surface area (Å²) in [6.07, 6.45) is 13.2. The third-order valence-corrected chi connectivity index (χ3v) is 3.18. The molecule has 16 heteroatoms. The summed E-state index contributed by atoms with van der Waals surface area (Å²) in [5, 5.41) is 29.4. The first kappa shape index (κ1) is 69.3. The van der Waals surface area contributed by atoms with Gasteiger partial charge in [-0.3, -0.25) is 9.89 Å². The number of nitrogens with zero attached hydrogens (tertiary/aromatic N) is 9. The van der Waals surface area contributed by atoms with E-state index in [4.69, 9.17) is 0 Å². The van der Waals surface area contributed by atoms with Crippen LogP contribution in [0.3, 0.4) is 0 Å². The SMILES string of the molecule is CC(C)(C)C.CC(C)(C)C.CC(C)(C)C.CC(C)(C)C.CC(C)(C)C.CC(C)(C)C.O=c1cccn[nH]1.c1cc[nH]c1.c1cn[nH]c1.c1csnn1.c1ncsn1.c1nn[nH]n1. The highest BCUT2D eigenvalue weighted by Crippen LogP contribution is 2.10. The van der Waals surface area contributed by atoms with Gasteiger partial charge in [-0.15, -0.1) is 15.3 Å². The third kappa shape index (κ3) is 203. The quantitative estimate of drug-likeness (QED) is 0.114. The van der Waals surface area contributed by atoms with Gasteiger partial charge in [0, 0.05) is 42.4 Å². The molecule has 0 saturated carbocycles. The van der Waals surface area contributed by atoms with Gasteiger partial charge in [0.1, 0.15) is 11.8 Å². The van der Waals surface area contributed by atoms with Crippen molar-refractivity contribution >= 4 is 23.1 Å². The second-order valence-electron chi connectivity index (χ2n) is 22.5. The molecule has 0 aromatic carbocycles. The van der Waals surface area contributed by atoms with Gasteiger partial charge in [-0.25, -0.2) is 10.1 Å². The topological polar surface area (TPSA) is 196 Å². The lowest BCUT2D eigenvalue weighted by molar-refractivity contribution is 0.469. The Morgan fingerprint density at radius 1 is 0.484 bits per heavy atom. The average Bonchev–Trinajstić information content (AvgIpc) is 3.93.